The van der Waals surface area contributed by atoms with Crippen molar-refractivity contribution < 1.29 is 0 Å². The lowest BCUT2D eigenvalue weighted by Gasteiger charge is -2.35. The van der Waals surface area contributed by atoms with Crippen LogP contribution in [0.2, 0.25) is 0 Å². The van der Waals surface area contributed by atoms with Crippen molar-refractivity contribution in [1.82, 2.24) is 0 Å². The zero-order valence-electron chi connectivity index (χ0n) is 72.3. The molecule has 2 atom stereocenters. The number of benzene rings is 18. The molecule has 0 N–H and O–H groups in total. The smallest absolute Gasteiger partial charge is 0.0714 e. The summed E-state index contributed by atoms with van der Waals surface area (Å²) in [4.78, 5) is 6.54. The van der Waals surface area contributed by atoms with E-state index in [1.807, 2.05) is 22.7 Å². The quantitative estimate of drug-likeness (QED) is 0.107. The van der Waals surface area contributed by atoms with Crippen molar-refractivity contribution in [3.63, 3.8) is 0 Å². The third-order valence-electron chi connectivity index (χ3n) is 29.4. The molecule has 0 bridgehead atoms. The van der Waals surface area contributed by atoms with E-state index in [0.717, 1.165) is 40.5 Å². The van der Waals surface area contributed by atoms with Gasteiger partial charge in [0.2, 0.25) is 0 Å². The van der Waals surface area contributed by atoms with Gasteiger partial charge >= 0.3 is 0 Å². The second kappa shape index (κ2) is 29.0. The zero-order chi connectivity index (χ0) is 85.5. The predicted octanol–water partition coefficient (Wildman–Crippen LogP) is 34.1. The predicted molar refractivity (Wildman–Crippen MR) is 543 cm³/mol. The Morgan fingerprint density at radius 1 is 0.273 bits per heavy atom. The molecular formula is C124H90N2S2. The minimum Gasteiger partial charge on any atom is -0.310 e. The average molecular weight is 1670 g/mol. The summed E-state index contributed by atoms with van der Waals surface area (Å²) in [5, 5.41) is 3.93. The lowest BCUT2D eigenvalue weighted by molar-refractivity contribution is 0.660. The Bertz CT molecular complexity index is 7960. The van der Waals surface area contributed by atoms with Gasteiger partial charge in [0.05, 0.1) is 16.8 Å². The van der Waals surface area contributed by atoms with Crippen LogP contribution in [0.1, 0.15) is 113 Å². The van der Waals surface area contributed by atoms with E-state index in [9.17, 15) is 0 Å². The van der Waals surface area contributed by atoms with E-state index in [-0.39, 0.29) is 10.8 Å². The highest BCUT2D eigenvalue weighted by Crippen LogP contribution is 2.62. The van der Waals surface area contributed by atoms with E-state index >= 15 is 0 Å². The fourth-order valence-electron chi connectivity index (χ4n) is 23.3. The Labute approximate surface area is 757 Å². The highest BCUT2D eigenvalue weighted by molar-refractivity contribution is 7.26. The molecule has 0 radical (unpaired) electrons. The molecular weight excluding hydrogens is 1580 g/mol. The van der Waals surface area contributed by atoms with Crippen molar-refractivity contribution in [3.8, 4) is 100 Å². The van der Waals surface area contributed by atoms with Crippen LogP contribution in [0.3, 0.4) is 0 Å². The maximum absolute atomic E-state index is 2.55. The molecule has 2 nitrogen and oxygen atoms in total. The monoisotopic (exact) mass is 1670 g/mol. The number of thiophene rings is 2. The summed E-state index contributed by atoms with van der Waals surface area (Å²) in [6, 6.07) is 155. The van der Waals surface area contributed by atoms with E-state index < -0.39 is 10.8 Å². The molecule has 20 aromatic rings. The van der Waals surface area contributed by atoms with E-state index in [1.54, 1.807) is 0 Å². The Balaban J connectivity index is 0.637. The molecule has 0 aliphatic heterocycles. The topological polar surface area (TPSA) is 6.48 Å². The molecule has 0 fully saturated rings. The number of fused-ring (bicyclic) bond motifs is 18. The van der Waals surface area contributed by atoms with Crippen LogP contribution in [0.15, 0.2) is 413 Å². The van der Waals surface area contributed by atoms with E-state index in [2.05, 4.69) is 470 Å². The number of allylic oxidation sites excluding steroid dienone is 1. The highest BCUT2D eigenvalue weighted by atomic mass is 32.1. The molecule has 5 aliphatic carbocycles. The van der Waals surface area contributed by atoms with Gasteiger partial charge in [-0.1, -0.05) is 380 Å². The van der Waals surface area contributed by atoms with Gasteiger partial charge < -0.3 is 9.80 Å². The molecule has 128 heavy (non-hydrogen) atoms. The van der Waals surface area contributed by atoms with Gasteiger partial charge in [0.15, 0.2) is 0 Å². The average Bonchev–Trinajstić information content (AvgIpc) is 1.51. The molecule has 2 aromatic heterocycles. The van der Waals surface area contributed by atoms with Gasteiger partial charge in [0.1, 0.15) is 0 Å². The van der Waals surface area contributed by atoms with Gasteiger partial charge in [-0.3, -0.25) is 0 Å². The molecule has 2 unspecified atom stereocenters. The van der Waals surface area contributed by atoms with Gasteiger partial charge in [-0.05, 0) is 248 Å². The third kappa shape index (κ3) is 11.2. The van der Waals surface area contributed by atoms with Crippen molar-refractivity contribution >= 4 is 93.1 Å². The lowest BCUT2D eigenvalue weighted by Crippen LogP contribution is -2.28. The first kappa shape index (κ1) is 76.0. The van der Waals surface area contributed by atoms with Crippen LogP contribution in [0.5, 0.6) is 0 Å². The molecule has 18 aromatic carbocycles. The summed E-state index contributed by atoms with van der Waals surface area (Å²) in [7, 11) is 0. The second-order valence-corrected chi connectivity index (χ2v) is 39.1. The number of hydrogen-bond donors (Lipinski definition) is 0. The Hall–Kier alpha value is -14.5. The van der Waals surface area contributed by atoms with Crippen molar-refractivity contribution in [3.05, 3.63) is 484 Å². The first-order valence-corrected chi connectivity index (χ1v) is 46.8. The van der Waals surface area contributed by atoms with Crippen LogP contribution in [-0.2, 0) is 28.1 Å². The lowest BCUT2D eigenvalue weighted by atomic mass is 9.67. The maximum Gasteiger partial charge on any atom is 0.0714 e. The van der Waals surface area contributed by atoms with E-state index in [1.165, 1.54) is 202 Å². The molecule has 4 heteroatoms. The van der Waals surface area contributed by atoms with Crippen molar-refractivity contribution in [2.45, 2.75) is 69.6 Å². The molecule has 25 rings (SSSR count). The number of nitrogens with zero attached hydrogens (tertiary/aromatic N) is 2. The SMILES string of the molecule is CC1C=Cc2c(sc3c(-c4ccc(N(c5ccc6c(c5)C(c5ccccc5)(c5ccccc5)c5ccccc5-6)c5ccccc5-c5cccc6c5-c5ccccc5C6(C)C)cc4)ccc(-c4ccc5c(c4)-c4ccc(N(c6ccc(-c7cccc8c7sc7ccccc78)cc6)c6ccccc6-c6cccc7c6-c6ccccc6C7(C)C)cc4C5(C)c4ccccc4)c23)C1. The summed E-state index contributed by atoms with van der Waals surface area (Å²) < 4.78 is 3.94. The standard InChI is InChI=1S/C124H90N2S2/c1-77-55-67-102-115(73-77)128-120-90(79-58-63-85(64-59-79)126(113-53-26-20-39-95(113)98-45-30-51-109-117(98)101-42-18-23-48-105(101)122(109,4)5)87-65-68-92-91-37-16-24-49-107(91)124(111(92)76-87,82-33-12-8-13-34-82)83-35-14-9-15-36-83)71-70-88(118(102)120)80-60-72-106-103(74-80)93-69-66-86(75-110(93)123(106,6)81-31-10-7-11-32-81)125(84-61-56-78(57-62-84)89-43-28-46-99-96-40-21-27-54-114(96)127-119(89)99)112-52-25-19-38-94(112)97-44-29-50-108-116(97)100-41-17-22-47-104(100)121(108,2)3/h7-72,74-77H,73H2,1-6H3. The molecule has 0 spiro atoms. The van der Waals surface area contributed by atoms with Gasteiger partial charge in [-0.2, -0.15) is 0 Å². The zero-order valence-corrected chi connectivity index (χ0v) is 74.0. The molecule has 2 heterocycles. The van der Waals surface area contributed by atoms with Crippen molar-refractivity contribution in [1.29, 1.82) is 0 Å². The molecule has 0 saturated heterocycles. The van der Waals surface area contributed by atoms with Crippen LogP contribution in [0, 0.1) is 5.92 Å². The summed E-state index contributed by atoms with van der Waals surface area (Å²) in [5.41, 5.74) is 43.2. The van der Waals surface area contributed by atoms with E-state index in [0.29, 0.717) is 5.92 Å². The van der Waals surface area contributed by atoms with Crippen molar-refractivity contribution in [2.75, 3.05) is 9.80 Å². The van der Waals surface area contributed by atoms with Gasteiger partial charge in [-0.25, -0.2) is 0 Å². The molecule has 5 aliphatic rings. The fraction of sp³-hybridized carbons (Fsp3) is 0.0968. The summed E-state index contributed by atoms with van der Waals surface area (Å²) >= 11 is 3.88. The second-order valence-electron chi connectivity index (χ2n) is 37.0. The fourth-order valence-corrected chi connectivity index (χ4v) is 26.1. The maximum atomic E-state index is 2.55. The molecule has 0 saturated carbocycles. The van der Waals surface area contributed by atoms with Gasteiger partial charge in [0, 0.05) is 85.3 Å². The number of hydrogen-bond acceptors (Lipinski definition) is 4. The van der Waals surface area contributed by atoms with Gasteiger partial charge in [-0.15, -0.1) is 22.7 Å². The Kier molecular flexibility index (Phi) is 17.2. The largest absolute Gasteiger partial charge is 0.310 e. The van der Waals surface area contributed by atoms with Crippen LogP contribution in [0.4, 0.5) is 34.1 Å². The van der Waals surface area contributed by atoms with E-state index in [4.69, 9.17) is 0 Å². The minimum absolute atomic E-state index is 0.165. The first-order chi connectivity index (χ1) is 62.8. The number of anilines is 6. The number of rotatable bonds is 14. The minimum atomic E-state index is -0.600. The Morgan fingerprint density at radius 2 is 0.695 bits per heavy atom. The normalized spacial score (nSPS) is 15.8. The van der Waals surface area contributed by atoms with Crippen molar-refractivity contribution in [2.24, 2.45) is 5.92 Å². The summed E-state index contributed by atoms with van der Waals surface area (Å²) in [6.45, 7) is 14.4. The number of para-hydroxylation sites is 2. The molecule has 0 amide bonds. The summed E-state index contributed by atoms with van der Waals surface area (Å²) in [5.74, 6) is 0.422. The molecule has 608 valence electrons. The summed E-state index contributed by atoms with van der Waals surface area (Å²) in [6.07, 6.45) is 5.88. The van der Waals surface area contributed by atoms with Crippen LogP contribution in [-0.4, -0.2) is 0 Å². The van der Waals surface area contributed by atoms with Crippen LogP contribution >= 0.6 is 22.7 Å². The first-order valence-electron chi connectivity index (χ1n) is 45.1. The highest BCUT2D eigenvalue weighted by Gasteiger charge is 2.48. The van der Waals surface area contributed by atoms with Gasteiger partial charge in [0.25, 0.3) is 0 Å². The third-order valence-corrected chi connectivity index (χ3v) is 31.9. The van der Waals surface area contributed by atoms with Crippen LogP contribution in [0.25, 0.3) is 136 Å². The Morgan fingerprint density at radius 3 is 1.29 bits per heavy atom. The van der Waals surface area contributed by atoms with Crippen LogP contribution < -0.4 is 9.80 Å².